The first kappa shape index (κ1) is 18.2. The summed E-state index contributed by atoms with van der Waals surface area (Å²) in [5, 5.41) is 0.911. The maximum Gasteiger partial charge on any atom is 0.0217 e. The quantitative estimate of drug-likeness (QED) is 0.373. The Morgan fingerprint density at radius 2 is 1.90 bits per heavy atom. The van der Waals surface area contributed by atoms with E-state index < -0.39 is 0 Å². The molecule has 0 amide bonds. The molecule has 1 aliphatic carbocycles. The Labute approximate surface area is 139 Å². The number of hydrogen-bond donors (Lipinski definition) is 0. The maximum absolute atomic E-state index is 3.41. The lowest BCUT2D eigenvalue weighted by Gasteiger charge is -2.32. The van der Waals surface area contributed by atoms with E-state index in [1.165, 1.54) is 36.0 Å². The van der Waals surface area contributed by atoms with Crippen LogP contribution in [0.2, 0.25) is 0 Å². The molecule has 0 aromatic carbocycles. The van der Waals surface area contributed by atoms with Crippen molar-refractivity contribution in [2.45, 2.75) is 53.9 Å². The second-order valence-electron chi connectivity index (χ2n) is 6.64. The van der Waals surface area contributed by atoms with Crippen molar-refractivity contribution < 1.29 is 0 Å². The summed E-state index contributed by atoms with van der Waals surface area (Å²) in [5.74, 6) is 0. The molecule has 0 saturated heterocycles. The van der Waals surface area contributed by atoms with Crippen LogP contribution in [0.25, 0.3) is 0 Å². The topological polar surface area (TPSA) is 0 Å². The summed E-state index contributed by atoms with van der Waals surface area (Å²) in [6, 6.07) is 0. The minimum Gasteiger partial charge on any atom is -0.0883 e. The van der Waals surface area contributed by atoms with Crippen LogP contribution in [0, 0.1) is 5.41 Å². The Morgan fingerprint density at radius 3 is 2.52 bits per heavy atom. The van der Waals surface area contributed by atoms with Gasteiger partial charge in [0.1, 0.15) is 0 Å². The van der Waals surface area contributed by atoms with Crippen LogP contribution in [-0.4, -0.2) is 5.33 Å². The molecule has 0 bridgehead atoms. The highest BCUT2D eigenvalue weighted by Gasteiger charge is 2.26. The van der Waals surface area contributed by atoms with Gasteiger partial charge in [-0.05, 0) is 51.0 Å². The van der Waals surface area contributed by atoms with Gasteiger partial charge >= 0.3 is 0 Å². The number of hydrogen-bond acceptors (Lipinski definition) is 0. The zero-order chi connectivity index (χ0) is 15.9. The molecule has 21 heavy (non-hydrogen) atoms. The van der Waals surface area contributed by atoms with Gasteiger partial charge in [-0.3, -0.25) is 0 Å². The van der Waals surface area contributed by atoms with E-state index in [1.807, 2.05) is 0 Å². The van der Waals surface area contributed by atoms with Gasteiger partial charge in [0.25, 0.3) is 0 Å². The monoisotopic (exact) mass is 348 g/mol. The first-order valence-corrected chi connectivity index (χ1v) is 8.95. The SMILES string of the molecule is CC1=C(/C=C/C(C)=C/C=C/C(C)=C/CBr)C(C)(C)CCC1. The minimum absolute atomic E-state index is 0.324. The standard InChI is InChI=1S/C20H29Br/c1-16(8-6-9-17(2)13-15-21)11-12-19-18(3)10-7-14-20(19,4)5/h6,8-9,11-13H,7,10,14-15H2,1-5H3/b9-6+,12-11+,16-8+,17-13+. The predicted octanol–water partition coefficient (Wildman–Crippen LogP) is 6.91. The summed E-state index contributed by atoms with van der Waals surface area (Å²) in [7, 11) is 0. The van der Waals surface area contributed by atoms with E-state index in [2.05, 4.69) is 87.0 Å². The van der Waals surface area contributed by atoms with Crippen LogP contribution in [0.15, 0.2) is 58.7 Å². The molecule has 0 heterocycles. The van der Waals surface area contributed by atoms with E-state index in [0.717, 1.165) is 5.33 Å². The predicted molar refractivity (Wildman–Crippen MR) is 99.9 cm³/mol. The van der Waals surface area contributed by atoms with Crippen LogP contribution < -0.4 is 0 Å². The summed E-state index contributed by atoms with van der Waals surface area (Å²) >= 11 is 3.41. The largest absolute Gasteiger partial charge is 0.0883 e. The van der Waals surface area contributed by atoms with Crippen molar-refractivity contribution in [3.05, 3.63) is 58.7 Å². The number of halogens is 1. The number of alkyl halides is 1. The maximum atomic E-state index is 3.41. The summed E-state index contributed by atoms with van der Waals surface area (Å²) in [5.41, 5.74) is 5.98. The molecule has 0 N–H and O–H groups in total. The average molecular weight is 349 g/mol. The van der Waals surface area contributed by atoms with Gasteiger partial charge in [-0.2, -0.15) is 0 Å². The number of allylic oxidation sites excluding steroid dienone is 10. The molecule has 0 nitrogen and oxygen atoms in total. The van der Waals surface area contributed by atoms with E-state index >= 15 is 0 Å². The van der Waals surface area contributed by atoms with Crippen molar-refractivity contribution in [1.29, 1.82) is 0 Å². The van der Waals surface area contributed by atoms with Crippen molar-refractivity contribution in [1.82, 2.24) is 0 Å². The molecule has 1 heteroatoms. The molecule has 0 aromatic rings. The van der Waals surface area contributed by atoms with Crippen LogP contribution in [0.3, 0.4) is 0 Å². The third kappa shape index (κ3) is 6.22. The Bertz CT molecular complexity index is 496. The first-order chi connectivity index (χ1) is 9.86. The van der Waals surface area contributed by atoms with E-state index in [9.17, 15) is 0 Å². The van der Waals surface area contributed by atoms with Gasteiger partial charge in [0, 0.05) is 5.33 Å². The highest BCUT2D eigenvalue weighted by Crippen LogP contribution is 2.40. The Hall–Kier alpha value is -0.820. The lowest BCUT2D eigenvalue weighted by Crippen LogP contribution is -2.19. The summed E-state index contributed by atoms with van der Waals surface area (Å²) in [6.07, 6.45) is 17.1. The Balaban J connectivity index is 2.78. The molecular weight excluding hydrogens is 320 g/mol. The summed E-state index contributed by atoms with van der Waals surface area (Å²) in [6.45, 7) is 11.3. The normalized spacial score (nSPS) is 20.9. The van der Waals surface area contributed by atoms with Crippen molar-refractivity contribution >= 4 is 15.9 Å². The number of rotatable bonds is 5. The van der Waals surface area contributed by atoms with Crippen molar-refractivity contribution in [2.24, 2.45) is 5.41 Å². The van der Waals surface area contributed by atoms with E-state index in [0.29, 0.717) is 5.41 Å². The zero-order valence-electron chi connectivity index (χ0n) is 14.2. The Kier molecular flexibility index (Phi) is 7.45. The van der Waals surface area contributed by atoms with E-state index in [-0.39, 0.29) is 0 Å². The highest BCUT2D eigenvalue weighted by atomic mass is 79.9. The van der Waals surface area contributed by atoms with E-state index in [4.69, 9.17) is 0 Å². The first-order valence-electron chi connectivity index (χ1n) is 7.83. The summed E-state index contributed by atoms with van der Waals surface area (Å²) in [4.78, 5) is 0. The molecule has 1 aliphatic rings. The molecule has 116 valence electrons. The lowest BCUT2D eigenvalue weighted by molar-refractivity contribution is 0.377. The highest BCUT2D eigenvalue weighted by molar-refractivity contribution is 9.09. The molecule has 1 rings (SSSR count). The third-order valence-electron chi connectivity index (χ3n) is 4.17. The molecule has 0 aliphatic heterocycles. The Morgan fingerprint density at radius 1 is 1.19 bits per heavy atom. The third-order valence-corrected chi connectivity index (χ3v) is 4.50. The fourth-order valence-corrected chi connectivity index (χ4v) is 3.33. The van der Waals surface area contributed by atoms with Gasteiger partial charge < -0.3 is 0 Å². The fraction of sp³-hybridized carbons (Fsp3) is 0.500. The molecular formula is C20H29Br. The van der Waals surface area contributed by atoms with Crippen molar-refractivity contribution in [3.8, 4) is 0 Å². The van der Waals surface area contributed by atoms with Crippen LogP contribution in [0.1, 0.15) is 53.9 Å². The van der Waals surface area contributed by atoms with Gasteiger partial charge in [0.15, 0.2) is 0 Å². The molecule has 0 atom stereocenters. The van der Waals surface area contributed by atoms with Crippen LogP contribution in [0.4, 0.5) is 0 Å². The molecule has 0 spiro atoms. The molecule has 0 fully saturated rings. The van der Waals surface area contributed by atoms with Gasteiger partial charge in [-0.25, -0.2) is 0 Å². The molecule has 0 radical (unpaired) electrons. The van der Waals surface area contributed by atoms with Gasteiger partial charge in [0.2, 0.25) is 0 Å². The fourth-order valence-electron chi connectivity index (χ4n) is 2.82. The zero-order valence-corrected chi connectivity index (χ0v) is 15.8. The molecule has 0 aromatic heterocycles. The molecule has 0 unspecified atom stereocenters. The minimum atomic E-state index is 0.324. The average Bonchev–Trinajstić information content (AvgIpc) is 2.37. The van der Waals surface area contributed by atoms with Crippen LogP contribution in [0.5, 0.6) is 0 Å². The lowest BCUT2D eigenvalue weighted by atomic mass is 9.72. The van der Waals surface area contributed by atoms with Crippen molar-refractivity contribution in [2.75, 3.05) is 5.33 Å². The van der Waals surface area contributed by atoms with E-state index in [1.54, 1.807) is 5.57 Å². The second-order valence-corrected chi connectivity index (χ2v) is 7.28. The molecule has 0 saturated carbocycles. The van der Waals surface area contributed by atoms with Gasteiger partial charge in [-0.15, -0.1) is 0 Å². The summed E-state index contributed by atoms with van der Waals surface area (Å²) < 4.78 is 0. The van der Waals surface area contributed by atoms with Crippen molar-refractivity contribution in [3.63, 3.8) is 0 Å². The van der Waals surface area contributed by atoms with Gasteiger partial charge in [-0.1, -0.05) is 83.0 Å². The van der Waals surface area contributed by atoms with Crippen LogP contribution >= 0.6 is 15.9 Å². The second kappa shape index (κ2) is 8.58. The van der Waals surface area contributed by atoms with Crippen LogP contribution in [-0.2, 0) is 0 Å². The van der Waals surface area contributed by atoms with Gasteiger partial charge in [0.05, 0.1) is 0 Å². The smallest absolute Gasteiger partial charge is 0.0217 e.